The molecule has 5 N–H and O–H groups in total. The van der Waals surface area contributed by atoms with Crippen molar-refractivity contribution in [3.63, 3.8) is 0 Å². The van der Waals surface area contributed by atoms with Crippen molar-refractivity contribution in [2.75, 3.05) is 37.7 Å². The molecule has 2 unspecified atom stereocenters. The molecule has 3 aliphatic rings. The van der Waals surface area contributed by atoms with Crippen LogP contribution in [0.15, 0.2) is 23.8 Å². The fraction of sp³-hybridized carbons (Fsp3) is 0.583. The fourth-order valence-electron chi connectivity index (χ4n) is 7.21. The lowest BCUT2D eigenvalue weighted by atomic mass is 9.89. The van der Waals surface area contributed by atoms with Crippen LogP contribution in [-0.2, 0) is 36.9 Å². The highest BCUT2D eigenvalue weighted by Crippen LogP contribution is 2.83. The number of aromatic amines is 1. The average molecular weight is 729 g/mol. The predicted molar refractivity (Wildman–Crippen MR) is 171 cm³/mol. The predicted octanol–water partition coefficient (Wildman–Crippen LogP) is 1.92. The Morgan fingerprint density at radius 1 is 1.17 bits per heavy atom. The first-order valence-corrected chi connectivity index (χ1v) is 18.2. The number of hydrogen-bond acceptors (Lipinski definition) is 17. The number of fused-ring (bicyclic) bond motifs is 3. The van der Waals surface area contributed by atoms with E-state index in [4.69, 9.17) is 39.2 Å². The Morgan fingerprint density at radius 3 is 2.68 bits per heavy atom. The number of rotatable bonds is 13. The number of nitrogens with one attached hydrogen (secondary N) is 1. The number of hydrogen-bond donors (Lipinski definition) is 5. The van der Waals surface area contributed by atoms with Crippen LogP contribution in [0.4, 0.5) is 11.8 Å². The van der Waals surface area contributed by atoms with Gasteiger partial charge in [0.2, 0.25) is 5.95 Å². The summed E-state index contributed by atoms with van der Waals surface area (Å²) in [7, 11) is 0.963. The average Bonchev–Trinajstić information content (AvgIpc) is 3.58. The van der Waals surface area contributed by atoms with Gasteiger partial charge in [-0.05, 0) is 6.42 Å². The molecule has 7 rings (SSSR count). The molecule has 0 bridgehead atoms. The number of ether oxygens (including phenoxy) is 3. The van der Waals surface area contributed by atoms with Crippen molar-refractivity contribution in [2.45, 2.75) is 49.5 Å². The van der Waals surface area contributed by atoms with E-state index in [1.165, 1.54) is 24.3 Å². The summed E-state index contributed by atoms with van der Waals surface area (Å²) in [5.74, 6) is -0.0844. The van der Waals surface area contributed by atoms with E-state index in [-0.39, 0.29) is 54.0 Å². The third kappa shape index (κ3) is 5.19. The second-order valence-electron chi connectivity index (χ2n) is 11.6. The van der Waals surface area contributed by atoms with Gasteiger partial charge in [-0.3, -0.25) is 27.9 Å². The minimum atomic E-state index is -4.06. The van der Waals surface area contributed by atoms with Crippen LogP contribution in [0, 0.1) is 11.3 Å². The van der Waals surface area contributed by atoms with E-state index in [0.717, 1.165) is 0 Å². The van der Waals surface area contributed by atoms with Gasteiger partial charge < -0.3 is 30.2 Å². The second-order valence-corrected chi connectivity index (χ2v) is 15.2. The molecule has 0 amide bonds. The van der Waals surface area contributed by atoms with Crippen LogP contribution in [0.25, 0.3) is 22.3 Å². The second kappa shape index (κ2) is 12.0. The maximum atomic E-state index is 13.8. The van der Waals surface area contributed by atoms with E-state index in [0.29, 0.717) is 17.6 Å². The van der Waals surface area contributed by atoms with E-state index in [9.17, 15) is 13.9 Å². The molecule has 1 saturated heterocycles. The fourth-order valence-corrected chi connectivity index (χ4v) is 9.54. The Hall–Kier alpha value is -2.71. The summed E-state index contributed by atoms with van der Waals surface area (Å²) >= 11 is 8.53. The van der Waals surface area contributed by atoms with Gasteiger partial charge in [0, 0.05) is 24.5 Å². The van der Waals surface area contributed by atoms with Crippen LogP contribution in [0.2, 0.25) is 0 Å². The van der Waals surface area contributed by atoms with Gasteiger partial charge in [0.15, 0.2) is 28.9 Å². The summed E-state index contributed by atoms with van der Waals surface area (Å²) in [6.07, 6.45) is 1.51. The number of methoxy groups -OCH3 is 1. The number of nitrogens with zero attached hydrogens (tertiary/aromatic N) is 7. The summed E-state index contributed by atoms with van der Waals surface area (Å²) < 4.78 is 63.6. The van der Waals surface area contributed by atoms with Gasteiger partial charge >= 0.3 is 15.5 Å². The van der Waals surface area contributed by atoms with Crippen molar-refractivity contribution in [1.82, 2.24) is 39.0 Å². The van der Waals surface area contributed by atoms with Crippen molar-refractivity contribution in [3.8, 4) is 0 Å². The summed E-state index contributed by atoms with van der Waals surface area (Å²) in [5.41, 5.74) is 10.8. The summed E-state index contributed by atoms with van der Waals surface area (Å²) in [6.45, 7) is -2.39. The third-order valence-corrected chi connectivity index (χ3v) is 11.4. The maximum Gasteiger partial charge on any atom is 0.386 e. The summed E-state index contributed by atoms with van der Waals surface area (Å²) in [5, 5.41) is 0. The van der Waals surface area contributed by atoms with Crippen molar-refractivity contribution >= 4 is 74.5 Å². The minimum absolute atomic E-state index is 0.00819. The molecule has 4 aromatic heterocycles. The monoisotopic (exact) mass is 728 g/mol. The number of anilines is 2. The number of aromatic nitrogens is 8. The molecule has 23 heteroatoms. The molecule has 2 aliphatic carbocycles. The van der Waals surface area contributed by atoms with Gasteiger partial charge in [-0.2, -0.15) is 17.6 Å². The lowest BCUT2D eigenvalue weighted by molar-refractivity contribution is -0.0606. The molecule has 2 saturated carbocycles. The van der Waals surface area contributed by atoms with Gasteiger partial charge in [-0.25, -0.2) is 29.1 Å². The zero-order valence-electron chi connectivity index (χ0n) is 24.8. The van der Waals surface area contributed by atoms with Gasteiger partial charge in [0.1, 0.15) is 30.2 Å². The Bertz CT molecular complexity index is 1960. The molecule has 3 fully saturated rings. The molecule has 0 spiro atoms. The normalized spacial score (nSPS) is 32.9. The van der Waals surface area contributed by atoms with Gasteiger partial charge in [-0.15, -0.1) is 0 Å². The molecular formula is C24H30N10O9P2S2. The zero-order chi connectivity index (χ0) is 33.3. The van der Waals surface area contributed by atoms with E-state index in [2.05, 4.69) is 54.8 Å². The van der Waals surface area contributed by atoms with Crippen LogP contribution in [0.1, 0.15) is 25.6 Å². The largest absolute Gasteiger partial charge is 0.386 e. The van der Waals surface area contributed by atoms with Crippen molar-refractivity contribution < 1.29 is 36.9 Å². The van der Waals surface area contributed by atoms with E-state index in [1.807, 2.05) is 11.5 Å². The first kappa shape index (κ1) is 32.8. The Balaban J connectivity index is 1.10. The van der Waals surface area contributed by atoms with Crippen LogP contribution < -0.4 is 17.0 Å². The maximum absolute atomic E-state index is 13.8. The third-order valence-electron chi connectivity index (χ3n) is 9.36. The number of nitrogens with two attached hydrogens (primary N) is 2. The van der Waals surface area contributed by atoms with Crippen LogP contribution in [0.5, 0.6) is 0 Å². The van der Waals surface area contributed by atoms with Gasteiger partial charge in [0.05, 0.1) is 37.4 Å². The highest BCUT2D eigenvalue weighted by atomic mass is 32.7. The van der Waals surface area contributed by atoms with Crippen molar-refractivity contribution in [1.29, 1.82) is 0 Å². The van der Waals surface area contributed by atoms with E-state index in [1.54, 1.807) is 6.33 Å². The van der Waals surface area contributed by atoms with Crippen molar-refractivity contribution in [2.24, 2.45) is 11.3 Å². The topological polar surface area (TPSA) is 249 Å². The number of imidazole rings is 2. The van der Waals surface area contributed by atoms with Gasteiger partial charge in [0.25, 0.3) is 5.56 Å². The minimum Gasteiger partial charge on any atom is -0.382 e. The molecule has 5 heterocycles. The molecule has 0 radical (unpaired) electrons. The van der Waals surface area contributed by atoms with Crippen LogP contribution >= 0.6 is 40.4 Å². The molecule has 9 atom stereocenters. The molecule has 0 aromatic carbocycles. The molecule has 19 nitrogen and oxygen atoms in total. The van der Waals surface area contributed by atoms with Crippen molar-refractivity contribution in [3.05, 3.63) is 29.3 Å². The first-order valence-electron chi connectivity index (χ1n) is 14.2. The Kier molecular flexibility index (Phi) is 8.39. The van der Waals surface area contributed by atoms with E-state index < -0.39 is 56.6 Å². The highest BCUT2D eigenvalue weighted by Gasteiger charge is 2.86. The van der Waals surface area contributed by atoms with Crippen LogP contribution in [0.3, 0.4) is 0 Å². The molecule has 4 aromatic rings. The summed E-state index contributed by atoms with van der Waals surface area (Å²) in [6, 6.07) is -0.171. The SMILES string of the molecule is CO[C@H]1[C@@H](OCS)[C@H](n2cnc3c(=O)[nH]c(N)nc32)O[C@@H]1COP(=O)(S)O[C@@]12C[C@H](n3cnc4c(N)ncnc43)C1[C@@]2(C)COP=O. The van der Waals surface area contributed by atoms with Gasteiger partial charge in [-0.1, -0.05) is 19.2 Å². The molecule has 1 aliphatic heterocycles. The Morgan fingerprint density at radius 2 is 1.94 bits per heavy atom. The van der Waals surface area contributed by atoms with E-state index >= 15 is 0 Å². The quantitative estimate of drug-likeness (QED) is 0.0749. The smallest absolute Gasteiger partial charge is 0.382 e. The molecular weight excluding hydrogens is 698 g/mol. The highest BCUT2D eigenvalue weighted by molar-refractivity contribution is 8.44. The molecule has 47 heavy (non-hydrogen) atoms. The lowest BCUT2D eigenvalue weighted by Gasteiger charge is -2.36. The van der Waals surface area contributed by atoms with Crippen LogP contribution in [-0.4, -0.2) is 89.2 Å². The number of nitrogen functional groups attached to an aromatic ring is 2. The summed E-state index contributed by atoms with van der Waals surface area (Å²) in [4.78, 5) is 35.8. The standard InChI is InChI=1S/C24H30N10O9P2S2/c1-23(5-40-44-36)16-10(33-7-29-12-17(25)27-6-28-18(12)33)3-24(16,23)43-45(37,47)41-4-11-14(38-2)15(39-9-46)21(42-11)34-8-30-13-19(34)31-22(26)32-20(13)35/h6-8,10-11,14-16,21,46H,3-5,9H2,1-2H3,(H,37,47)(H2,25,27,28)(H3,26,31,32,35)/t10-,11+,14+,15+,16?,21+,23+,24-,45?/m0/s1. The number of H-pyrrole nitrogens is 1. The number of thiol groups is 2. The first-order chi connectivity index (χ1) is 22.5. The molecule has 252 valence electrons. The Labute approximate surface area is 277 Å². The lowest BCUT2D eigenvalue weighted by Crippen LogP contribution is -2.38. The zero-order valence-corrected chi connectivity index (χ0v) is 28.4.